The first-order chi connectivity index (χ1) is 9.25. The molecule has 5 heteroatoms. The van der Waals surface area contributed by atoms with E-state index >= 15 is 0 Å². The van der Waals surface area contributed by atoms with Crippen molar-refractivity contribution in [2.75, 3.05) is 5.73 Å². The zero-order valence-electron chi connectivity index (χ0n) is 10.2. The van der Waals surface area contributed by atoms with Crippen LogP contribution in [-0.2, 0) is 6.54 Å². The highest BCUT2D eigenvalue weighted by molar-refractivity contribution is 5.76. The predicted octanol–water partition coefficient (Wildman–Crippen LogP) is 1.42. The van der Waals surface area contributed by atoms with Crippen LogP contribution in [0.2, 0.25) is 0 Å². The van der Waals surface area contributed by atoms with Crippen molar-refractivity contribution in [3.63, 3.8) is 0 Å². The van der Waals surface area contributed by atoms with Gasteiger partial charge in [0.15, 0.2) is 0 Å². The maximum Gasteiger partial charge on any atom is 0.277 e. The van der Waals surface area contributed by atoms with Crippen LogP contribution in [0.4, 0.5) is 5.69 Å². The Labute approximate surface area is 109 Å². The molecule has 0 spiro atoms. The van der Waals surface area contributed by atoms with E-state index in [2.05, 4.69) is 10.3 Å². The molecule has 1 aromatic heterocycles. The van der Waals surface area contributed by atoms with Crippen molar-refractivity contribution >= 4 is 16.6 Å². The van der Waals surface area contributed by atoms with Crippen molar-refractivity contribution < 1.29 is 0 Å². The lowest BCUT2D eigenvalue weighted by Gasteiger charge is -2.07. The molecule has 0 fully saturated rings. The molecule has 0 unspecified atom stereocenters. The van der Waals surface area contributed by atoms with Crippen LogP contribution in [0.15, 0.2) is 53.3 Å². The summed E-state index contributed by atoms with van der Waals surface area (Å²) in [5.41, 5.74) is 7.81. The van der Waals surface area contributed by atoms with Crippen LogP contribution >= 0.6 is 0 Å². The number of para-hydroxylation sites is 1. The Kier molecular flexibility index (Phi) is 2.72. The maximum absolute atomic E-state index is 12.3. The fourth-order valence-corrected chi connectivity index (χ4v) is 1.97. The maximum atomic E-state index is 12.3. The number of nitrogen functional groups attached to an aromatic ring is 1. The summed E-state index contributed by atoms with van der Waals surface area (Å²) in [7, 11) is 0. The second kappa shape index (κ2) is 4.53. The molecule has 0 atom stereocenters. The molecular formula is C14H12N4O. The van der Waals surface area contributed by atoms with Gasteiger partial charge < -0.3 is 5.73 Å². The second-order valence-corrected chi connectivity index (χ2v) is 4.27. The van der Waals surface area contributed by atoms with Gasteiger partial charge in [0.25, 0.3) is 5.56 Å². The number of aromatic nitrogens is 3. The third-order valence-corrected chi connectivity index (χ3v) is 3.00. The van der Waals surface area contributed by atoms with Gasteiger partial charge in [0.05, 0.1) is 11.9 Å². The fraction of sp³-hybridized carbons (Fsp3) is 0.0714. The van der Waals surface area contributed by atoms with Crippen LogP contribution in [0.5, 0.6) is 0 Å². The van der Waals surface area contributed by atoms with E-state index in [1.54, 1.807) is 18.2 Å². The summed E-state index contributed by atoms with van der Waals surface area (Å²) >= 11 is 0. The first kappa shape index (κ1) is 11.4. The molecule has 2 aromatic carbocycles. The number of fused-ring (bicyclic) bond motifs is 1. The zero-order valence-corrected chi connectivity index (χ0v) is 10.2. The van der Waals surface area contributed by atoms with Gasteiger partial charge in [0.2, 0.25) is 0 Å². The Morgan fingerprint density at radius 1 is 1.05 bits per heavy atom. The molecule has 2 N–H and O–H groups in total. The van der Waals surface area contributed by atoms with Gasteiger partial charge in [0.1, 0.15) is 5.52 Å². The van der Waals surface area contributed by atoms with Crippen molar-refractivity contribution in [2.24, 2.45) is 0 Å². The molecule has 0 saturated heterocycles. The molecule has 0 saturated carbocycles. The summed E-state index contributed by atoms with van der Waals surface area (Å²) < 4.78 is 1.33. The van der Waals surface area contributed by atoms with Gasteiger partial charge in [-0.25, -0.2) is 4.68 Å². The third kappa shape index (κ3) is 2.06. The molecule has 0 aliphatic carbocycles. The summed E-state index contributed by atoms with van der Waals surface area (Å²) in [4.78, 5) is 12.3. The van der Waals surface area contributed by atoms with E-state index in [0.717, 1.165) is 5.56 Å². The molecule has 19 heavy (non-hydrogen) atoms. The van der Waals surface area contributed by atoms with Crippen LogP contribution in [-0.4, -0.2) is 15.0 Å². The lowest BCUT2D eigenvalue weighted by Crippen LogP contribution is -2.25. The van der Waals surface area contributed by atoms with Crippen molar-refractivity contribution in [1.82, 2.24) is 15.0 Å². The van der Waals surface area contributed by atoms with Crippen LogP contribution in [0.3, 0.4) is 0 Å². The average molecular weight is 252 g/mol. The molecule has 3 aromatic rings. The number of nitrogens with zero attached hydrogens (tertiary/aromatic N) is 3. The summed E-state index contributed by atoms with van der Waals surface area (Å²) in [6, 6.07) is 14.6. The van der Waals surface area contributed by atoms with Gasteiger partial charge in [-0.05, 0) is 23.8 Å². The number of nitrogens with two attached hydrogens (primary N) is 1. The number of rotatable bonds is 2. The highest BCUT2D eigenvalue weighted by Crippen LogP contribution is 2.11. The van der Waals surface area contributed by atoms with Gasteiger partial charge in [0, 0.05) is 5.69 Å². The topological polar surface area (TPSA) is 73.8 Å². The van der Waals surface area contributed by atoms with Gasteiger partial charge in [-0.15, -0.1) is 5.10 Å². The van der Waals surface area contributed by atoms with Gasteiger partial charge in [-0.2, -0.15) is 0 Å². The normalized spacial score (nSPS) is 10.7. The Morgan fingerprint density at radius 2 is 1.79 bits per heavy atom. The molecule has 3 rings (SSSR count). The average Bonchev–Trinajstić information content (AvgIpc) is 2.44. The van der Waals surface area contributed by atoms with E-state index in [1.807, 2.05) is 30.3 Å². The smallest absolute Gasteiger partial charge is 0.277 e. The second-order valence-electron chi connectivity index (χ2n) is 4.27. The monoisotopic (exact) mass is 252 g/mol. The fourth-order valence-electron chi connectivity index (χ4n) is 1.97. The number of anilines is 1. The standard InChI is InChI=1S/C14H12N4O/c15-12-7-3-1-5-10(12)9-18-14(19)11-6-2-4-8-13(11)16-17-18/h1-8H,9,15H2. The minimum atomic E-state index is -0.158. The van der Waals surface area contributed by atoms with E-state index < -0.39 is 0 Å². The van der Waals surface area contributed by atoms with Crippen molar-refractivity contribution in [2.45, 2.75) is 6.54 Å². The summed E-state index contributed by atoms with van der Waals surface area (Å²) in [6.07, 6.45) is 0. The number of hydrogen-bond donors (Lipinski definition) is 1. The molecule has 0 aliphatic rings. The molecular weight excluding hydrogens is 240 g/mol. The Morgan fingerprint density at radius 3 is 2.63 bits per heavy atom. The largest absolute Gasteiger partial charge is 0.398 e. The van der Waals surface area contributed by atoms with Gasteiger partial charge >= 0.3 is 0 Å². The molecule has 0 radical (unpaired) electrons. The van der Waals surface area contributed by atoms with Crippen LogP contribution in [0.25, 0.3) is 10.9 Å². The Bertz CT molecular complexity index is 795. The number of benzene rings is 2. The highest BCUT2D eigenvalue weighted by Gasteiger charge is 2.06. The van der Waals surface area contributed by atoms with E-state index in [1.165, 1.54) is 4.68 Å². The van der Waals surface area contributed by atoms with Crippen LogP contribution in [0.1, 0.15) is 5.56 Å². The molecule has 0 aliphatic heterocycles. The van der Waals surface area contributed by atoms with Crippen LogP contribution in [0, 0.1) is 0 Å². The van der Waals surface area contributed by atoms with E-state index in [9.17, 15) is 4.79 Å². The molecule has 0 amide bonds. The van der Waals surface area contributed by atoms with E-state index in [4.69, 9.17) is 5.73 Å². The summed E-state index contributed by atoms with van der Waals surface area (Å²) in [5, 5.41) is 8.54. The molecule has 94 valence electrons. The van der Waals surface area contributed by atoms with Gasteiger partial charge in [-0.1, -0.05) is 35.5 Å². The summed E-state index contributed by atoms with van der Waals surface area (Å²) in [5.74, 6) is 0. The first-order valence-electron chi connectivity index (χ1n) is 5.91. The Hall–Kier alpha value is -2.69. The minimum Gasteiger partial charge on any atom is -0.398 e. The van der Waals surface area contributed by atoms with Gasteiger partial charge in [-0.3, -0.25) is 4.79 Å². The third-order valence-electron chi connectivity index (χ3n) is 3.00. The highest BCUT2D eigenvalue weighted by atomic mass is 16.1. The van der Waals surface area contributed by atoms with Crippen molar-refractivity contribution in [3.05, 3.63) is 64.4 Å². The van der Waals surface area contributed by atoms with Crippen molar-refractivity contribution in [3.8, 4) is 0 Å². The quantitative estimate of drug-likeness (QED) is 0.700. The first-order valence-corrected chi connectivity index (χ1v) is 5.91. The van der Waals surface area contributed by atoms with Crippen molar-refractivity contribution in [1.29, 1.82) is 0 Å². The van der Waals surface area contributed by atoms with Crippen LogP contribution < -0.4 is 11.3 Å². The van der Waals surface area contributed by atoms with E-state index in [-0.39, 0.29) is 5.56 Å². The lowest BCUT2D eigenvalue weighted by molar-refractivity contribution is 0.601. The molecule has 1 heterocycles. The zero-order chi connectivity index (χ0) is 13.2. The molecule has 0 bridgehead atoms. The SMILES string of the molecule is Nc1ccccc1Cn1nnc2ccccc2c1=O. The predicted molar refractivity (Wildman–Crippen MR) is 73.8 cm³/mol. The van der Waals surface area contributed by atoms with E-state index in [0.29, 0.717) is 23.1 Å². The number of hydrogen-bond acceptors (Lipinski definition) is 4. The Balaban J connectivity index is 2.10. The summed E-state index contributed by atoms with van der Waals surface area (Å²) in [6.45, 7) is 0.323. The molecule has 5 nitrogen and oxygen atoms in total. The minimum absolute atomic E-state index is 0.158. The lowest BCUT2D eigenvalue weighted by atomic mass is 10.2.